The van der Waals surface area contributed by atoms with E-state index >= 15 is 0 Å². The van der Waals surface area contributed by atoms with Gasteiger partial charge < -0.3 is 23.7 Å². The van der Waals surface area contributed by atoms with E-state index in [1.54, 1.807) is 6.08 Å². The van der Waals surface area contributed by atoms with Crippen LogP contribution in [0.5, 0.6) is 0 Å². The van der Waals surface area contributed by atoms with E-state index in [4.69, 9.17) is 18.6 Å². The van der Waals surface area contributed by atoms with Gasteiger partial charge in [0.2, 0.25) is 0 Å². The van der Waals surface area contributed by atoms with Crippen molar-refractivity contribution in [3.05, 3.63) is 46.1 Å². The highest BCUT2D eigenvalue weighted by Gasteiger charge is 2.45. The second-order valence-electron chi connectivity index (χ2n) is 10.1. The second kappa shape index (κ2) is 10.8. The zero-order valence-corrected chi connectivity index (χ0v) is 22.4. The topological polar surface area (TPSA) is 57.2 Å². The molecule has 31 heavy (non-hydrogen) atoms. The molecule has 1 aromatic rings. The normalized spacial score (nSPS) is 31.3. The van der Waals surface area contributed by atoms with E-state index < -0.39 is 14.4 Å². The first kappa shape index (κ1) is 25.3. The molecular formula is C24H37IO5Si. The molecule has 174 valence electrons. The molecule has 2 saturated heterocycles. The van der Waals surface area contributed by atoms with Crippen LogP contribution < -0.4 is 0 Å². The standard InChI is InChI=1S/C24H37IO5Si/c1-24(2,3)31(4,5)30-20-12-11-19-22(28-21(20)15-18(26)13-14-25)16-27-23(29-19)17-9-7-6-8-10-17/h6-10,13-14,18-23,26H,11-12,15-16H2,1-5H3/b14-13-/t18-,19-,20+,21-,22+,23+/m0/s1. The summed E-state index contributed by atoms with van der Waals surface area (Å²) in [5, 5.41) is 10.6. The molecule has 0 unspecified atom stereocenters. The number of rotatable bonds is 6. The number of hydrogen-bond donors (Lipinski definition) is 1. The van der Waals surface area contributed by atoms with Crippen LogP contribution >= 0.6 is 22.6 Å². The van der Waals surface area contributed by atoms with Gasteiger partial charge in [-0.2, -0.15) is 0 Å². The summed E-state index contributed by atoms with van der Waals surface area (Å²) < 4.78 is 27.6. The monoisotopic (exact) mass is 560 g/mol. The van der Waals surface area contributed by atoms with Crippen LogP contribution in [0.25, 0.3) is 0 Å². The van der Waals surface area contributed by atoms with Crippen LogP contribution in [0.15, 0.2) is 40.5 Å². The van der Waals surface area contributed by atoms with Crippen molar-refractivity contribution in [3.8, 4) is 0 Å². The minimum atomic E-state index is -1.99. The Morgan fingerprint density at radius 3 is 2.52 bits per heavy atom. The summed E-state index contributed by atoms with van der Waals surface area (Å²) in [7, 11) is -1.99. The summed E-state index contributed by atoms with van der Waals surface area (Å²) in [5.74, 6) is 0. The lowest BCUT2D eigenvalue weighted by molar-refractivity contribution is -0.271. The molecule has 0 radical (unpaired) electrons. The molecule has 2 aliphatic heterocycles. The Bertz CT molecular complexity index is 720. The molecular weight excluding hydrogens is 523 g/mol. The SMILES string of the molecule is CC(C)(C)[Si](C)(C)O[C@@H]1CC[C@@H]2O[C@H](c3ccccc3)OC[C@H]2O[C@H]1C[C@@H](O)/C=C\I. The van der Waals surface area contributed by atoms with Gasteiger partial charge in [0.1, 0.15) is 6.10 Å². The van der Waals surface area contributed by atoms with Crippen LogP contribution in [0.2, 0.25) is 18.1 Å². The third kappa shape index (κ3) is 6.62. The Morgan fingerprint density at radius 2 is 1.87 bits per heavy atom. The molecule has 1 N–H and O–H groups in total. The van der Waals surface area contributed by atoms with Crippen LogP contribution in [0, 0.1) is 0 Å². The number of aliphatic hydroxyl groups excluding tert-OH is 1. The zero-order valence-electron chi connectivity index (χ0n) is 19.3. The molecule has 0 amide bonds. The van der Waals surface area contributed by atoms with Crippen molar-refractivity contribution >= 4 is 30.9 Å². The van der Waals surface area contributed by atoms with Gasteiger partial charge in [0.05, 0.1) is 31.0 Å². The zero-order chi connectivity index (χ0) is 22.6. The van der Waals surface area contributed by atoms with Crippen molar-refractivity contribution in [1.29, 1.82) is 0 Å². The Morgan fingerprint density at radius 1 is 1.16 bits per heavy atom. The van der Waals surface area contributed by atoms with Gasteiger partial charge in [-0.3, -0.25) is 0 Å². The largest absolute Gasteiger partial charge is 0.411 e. The maximum atomic E-state index is 10.5. The summed E-state index contributed by atoms with van der Waals surface area (Å²) in [4.78, 5) is 0. The summed E-state index contributed by atoms with van der Waals surface area (Å²) >= 11 is 2.13. The fourth-order valence-corrected chi connectivity index (χ4v) is 5.72. The average molecular weight is 561 g/mol. The van der Waals surface area contributed by atoms with E-state index in [0.29, 0.717) is 13.0 Å². The summed E-state index contributed by atoms with van der Waals surface area (Å²) in [6.45, 7) is 11.8. The maximum absolute atomic E-state index is 10.5. The molecule has 0 spiro atoms. The summed E-state index contributed by atoms with van der Waals surface area (Å²) in [6.07, 6.45) is 2.60. The summed E-state index contributed by atoms with van der Waals surface area (Å²) in [6, 6.07) is 10.0. The van der Waals surface area contributed by atoms with Crippen molar-refractivity contribution in [2.75, 3.05) is 6.61 Å². The van der Waals surface area contributed by atoms with Gasteiger partial charge in [-0.05, 0) is 35.1 Å². The Kier molecular flexibility index (Phi) is 8.79. The number of halogens is 1. The number of fused-ring (bicyclic) bond motifs is 1. The fraction of sp³-hybridized carbons (Fsp3) is 0.667. The van der Waals surface area contributed by atoms with Crippen LogP contribution in [0.1, 0.15) is 51.9 Å². The smallest absolute Gasteiger partial charge is 0.192 e. The van der Waals surface area contributed by atoms with E-state index in [1.807, 2.05) is 34.4 Å². The fourth-order valence-electron chi connectivity index (χ4n) is 3.87. The van der Waals surface area contributed by atoms with E-state index in [0.717, 1.165) is 18.4 Å². The predicted molar refractivity (Wildman–Crippen MR) is 134 cm³/mol. The van der Waals surface area contributed by atoms with E-state index in [2.05, 4.69) is 56.5 Å². The van der Waals surface area contributed by atoms with Crippen LogP contribution in [0.3, 0.4) is 0 Å². The number of ether oxygens (including phenoxy) is 3. The van der Waals surface area contributed by atoms with Gasteiger partial charge in [0, 0.05) is 12.0 Å². The first-order chi connectivity index (χ1) is 14.6. The minimum absolute atomic E-state index is 0.0493. The molecule has 3 rings (SSSR count). The lowest BCUT2D eigenvalue weighted by Crippen LogP contribution is -2.48. The minimum Gasteiger partial charge on any atom is -0.411 e. The third-order valence-electron chi connectivity index (χ3n) is 6.72. The van der Waals surface area contributed by atoms with Crippen molar-refractivity contribution < 1.29 is 23.7 Å². The van der Waals surface area contributed by atoms with Gasteiger partial charge >= 0.3 is 0 Å². The van der Waals surface area contributed by atoms with Gasteiger partial charge in [-0.15, -0.1) is 0 Å². The van der Waals surface area contributed by atoms with Crippen molar-refractivity contribution in [2.45, 2.75) is 95.0 Å². The number of hydrogen-bond acceptors (Lipinski definition) is 5. The van der Waals surface area contributed by atoms with Crippen LogP contribution in [-0.2, 0) is 18.6 Å². The highest BCUT2D eigenvalue weighted by atomic mass is 127. The molecule has 7 heteroatoms. The van der Waals surface area contributed by atoms with E-state index in [9.17, 15) is 5.11 Å². The molecule has 6 atom stereocenters. The second-order valence-corrected chi connectivity index (χ2v) is 15.6. The molecule has 2 fully saturated rings. The van der Waals surface area contributed by atoms with Crippen LogP contribution in [-0.4, -0.2) is 50.6 Å². The molecule has 2 heterocycles. The van der Waals surface area contributed by atoms with Gasteiger partial charge in [0.25, 0.3) is 0 Å². The molecule has 0 saturated carbocycles. The maximum Gasteiger partial charge on any atom is 0.192 e. The van der Waals surface area contributed by atoms with Crippen molar-refractivity contribution in [3.63, 3.8) is 0 Å². The van der Waals surface area contributed by atoms with Crippen molar-refractivity contribution in [2.24, 2.45) is 0 Å². The molecule has 5 nitrogen and oxygen atoms in total. The van der Waals surface area contributed by atoms with Crippen molar-refractivity contribution in [1.82, 2.24) is 0 Å². The highest BCUT2D eigenvalue weighted by molar-refractivity contribution is 14.1. The lowest BCUT2D eigenvalue weighted by Gasteiger charge is -2.41. The number of aliphatic hydroxyl groups is 1. The highest BCUT2D eigenvalue weighted by Crippen LogP contribution is 2.41. The summed E-state index contributed by atoms with van der Waals surface area (Å²) in [5.41, 5.74) is 1.03. The first-order valence-corrected chi connectivity index (χ1v) is 15.4. The predicted octanol–water partition coefficient (Wildman–Crippen LogP) is 5.74. The van der Waals surface area contributed by atoms with Gasteiger partial charge in [0.15, 0.2) is 14.6 Å². The van der Waals surface area contributed by atoms with Crippen LogP contribution in [0.4, 0.5) is 0 Å². The molecule has 0 aromatic heterocycles. The first-order valence-electron chi connectivity index (χ1n) is 11.2. The van der Waals surface area contributed by atoms with E-state index in [-0.39, 0.29) is 35.7 Å². The molecule has 1 aromatic carbocycles. The lowest BCUT2D eigenvalue weighted by atomic mass is 10.0. The number of benzene rings is 1. The average Bonchev–Trinajstić information content (AvgIpc) is 2.86. The quantitative estimate of drug-likeness (QED) is 0.356. The third-order valence-corrected chi connectivity index (χ3v) is 11.6. The van der Waals surface area contributed by atoms with Gasteiger partial charge in [-0.25, -0.2) is 0 Å². The molecule has 2 aliphatic rings. The Labute approximate surface area is 201 Å². The Balaban J connectivity index is 1.76. The molecule has 0 aliphatic carbocycles. The molecule has 0 bridgehead atoms. The van der Waals surface area contributed by atoms with E-state index in [1.165, 1.54) is 0 Å². The van der Waals surface area contributed by atoms with Gasteiger partial charge in [-0.1, -0.05) is 79.8 Å². The Hall–Kier alpha value is -0.293.